The molecule has 0 heterocycles. The van der Waals surface area contributed by atoms with Crippen LogP contribution in [-0.4, -0.2) is 31.6 Å². The van der Waals surface area contributed by atoms with Gasteiger partial charge in [0.15, 0.2) is 5.90 Å². The number of rotatable bonds is 4. The standard InChI is InChI=1S/C20H32N2O2Si/c1-14(24-20(2,3)4)22-18-11-9-15-12-16(8-10-17(15)18)19(23)21-13-25(5,6)7/h8,10,12,18H,9,11,13H2,1-7H3,(H,21,23). The highest BCUT2D eigenvalue weighted by Crippen LogP contribution is 2.35. The van der Waals surface area contributed by atoms with Gasteiger partial charge >= 0.3 is 0 Å². The SMILES string of the molecule is CC(=NC1CCc2cc(C(=O)NC[Si](C)(C)C)ccc21)OC(C)(C)C. The van der Waals surface area contributed by atoms with Gasteiger partial charge in [0, 0.05) is 18.7 Å². The first kappa shape index (κ1) is 19.7. The average molecular weight is 361 g/mol. The van der Waals surface area contributed by atoms with E-state index in [9.17, 15) is 4.79 Å². The van der Waals surface area contributed by atoms with Gasteiger partial charge < -0.3 is 10.1 Å². The third kappa shape index (κ3) is 5.99. The van der Waals surface area contributed by atoms with E-state index in [0.717, 1.165) is 30.5 Å². The molecule has 0 saturated heterocycles. The molecule has 1 aromatic carbocycles. The highest BCUT2D eigenvalue weighted by molar-refractivity contribution is 6.76. The van der Waals surface area contributed by atoms with Crippen molar-refractivity contribution in [1.82, 2.24) is 5.32 Å². The van der Waals surface area contributed by atoms with Crippen LogP contribution in [0, 0.1) is 0 Å². The molecule has 0 spiro atoms. The highest BCUT2D eigenvalue weighted by atomic mass is 28.3. The van der Waals surface area contributed by atoms with E-state index < -0.39 is 8.07 Å². The summed E-state index contributed by atoms with van der Waals surface area (Å²) in [5.74, 6) is 0.756. The Kier molecular flexibility index (Phi) is 5.77. The molecule has 1 aliphatic rings. The van der Waals surface area contributed by atoms with Crippen molar-refractivity contribution >= 4 is 19.9 Å². The lowest BCUT2D eigenvalue weighted by Crippen LogP contribution is -2.39. The van der Waals surface area contributed by atoms with Crippen molar-refractivity contribution in [2.45, 2.75) is 71.8 Å². The number of amides is 1. The van der Waals surface area contributed by atoms with E-state index in [1.54, 1.807) is 0 Å². The van der Waals surface area contributed by atoms with Crippen LogP contribution in [0.5, 0.6) is 0 Å². The second-order valence-corrected chi connectivity index (χ2v) is 14.5. The van der Waals surface area contributed by atoms with Crippen molar-refractivity contribution in [3.8, 4) is 0 Å². The van der Waals surface area contributed by atoms with Crippen LogP contribution in [0.3, 0.4) is 0 Å². The first-order valence-electron chi connectivity index (χ1n) is 9.09. The van der Waals surface area contributed by atoms with Crippen LogP contribution < -0.4 is 5.32 Å². The normalized spacial score (nSPS) is 18.0. The third-order valence-corrected chi connectivity index (χ3v) is 5.26. The average Bonchev–Trinajstić information content (AvgIpc) is 2.84. The summed E-state index contributed by atoms with van der Waals surface area (Å²) in [6.45, 7) is 14.8. The van der Waals surface area contributed by atoms with Crippen LogP contribution in [0.15, 0.2) is 23.2 Å². The summed E-state index contributed by atoms with van der Waals surface area (Å²) in [7, 11) is -1.29. The summed E-state index contributed by atoms with van der Waals surface area (Å²) in [5, 5.41) is 3.07. The number of nitrogens with zero attached hydrogens (tertiary/aromatic N) is 1. The zero-order valence-corrected chi connectivity index (χ0v) is 17.7. The molecule has 2 rings (SSSR count). The van der Waals surface area contributed by atoms with Crippen molar-refractivity contribution in [1.29, 1.82) is 0 Å². The minimum atomic E-state index is -1.29. The van der Waals surface area contributed by atoms with Crippen LogP contribution in [0.1, 0.15) is 61.6 Å². The molecule has 1 unspecified atom stereocenters. The summed E-state index contributed by atoms with van der Waals surface area (Å²) >= 11 is 0. The summed E-state index contributed by atoms with van der Waals surface area (Å²) in [6.07, 6.45) is 2.74. The number of carbonyl (C=O) groups is 1. The van der Waals surface area contributed by atoms with Gasteiger partial charge in [0.05, 0.1) is 14.1 Å². The highest BCUT2D eigenvalue weighted by Gasteiger charge is 2.24. The summed E-state index contributed by atoms with van der Waals surface area (Å²) in [5.41, 5.74) is 2.98. The number of nitrogens with one attached hydrogen (secondary N) is 1. The maximum absolute atomic E-state index is 12.4. The van der Waals surface area contributed by atoms with Crippen molar-refractivity contribution in [3.63, 3.8) is 0 Å². The summed E-state index contributed by atoms with van der Waals surface area (Å²) in [6, 6.07) is 6.15. The fourth-order valence-corrected chi connectivity index (χ4v) is 3.70. The van der Waals surface area contributed by atoms with E-state index in [1.165, 1.54) is 11.1 Å². The third-order valence-electron chi connectivity index (χ3n) is 4.02. The molecular formula is C20H32N2O2Si. The predicted octanol–water partition coefficient (Wildman–Crippen LogP) is 4.51. The molecule has 5 heteroatoms. The summed E-state index contributed by atoms with van der Waals surface area (Å²) in [4.78, 5) is 17.1. The van der Waals surface area contributed by atoms with Crippen molar-refractivity contribution in [3.05, 3.63) is 34.9 Å². The molecule has 0 saturated carbocycles. The molecule has 4 nitrogen and oxygen atoms in total. The molecule has 0 radical (unpaired) electrons. The van der Waals surface area contributed by atoms with Gasteiger partial charge in [-0.1, -0.05) is 25.7 Å². The molecule has 0 fully saturated rings. The Hall–Kier alpha value is -1.62. The lowest BCUT2D eigenvalue weighted by molar-refractivity contribution is 0.0959. The van der Waals surface area contributed by atoms with E-state index in [-0.39, 0.29) is 17.6 Å². The fraction of sp³-hybridized carbons (Fsp3) is 0.600. The van der Waals surface area contributed by atoms with E-state index in [2.05, 4.69) is 31.0 Å². The van der Waals surface area contributed by atoms with Gasteiger partial charge in [-0.15, -0.1) is 0 Å². The Bertz CT molecular complexity index is 669. The van der Waals surface area contributed by atoms with Gasteiger partial charge in [-0.05, 0) is 56.9 Å². The molecule has 138 valence electrons. The summed E-state index contributed by atoms with van der Waals surface area (Å²) < 4.78 is 5.83. The minimum Gasteiger partial charge on any atom is -0.476 e. The lowest BCUT2D eigenvalue weighted by atomic mass is 10.0. The molecule has 0 aromatic heterocycles. The number of aliphatic imine (C=N–C) groups is 1. The first-order chi connectivity index (χ1) is 11.4. The molecule has 0 bridgehead atoms. The zero-order chi connectivity index (χ0) is 18.8. The number of ether oxygens (including phenoxy) is 1. The second kappa shape index (κ2) is 7.32. The van der Waals surface area contributed by atoms with Crippen LogP contribution >= 0.6 is 0 Å². The van der Waals surface area contributed by atoms with E-state index in [0.29, 0.717) is 0 Å². The Morgan fingerprint density at radius 1 is 1.32 bits per heavy atom. The molecule has 1 aliphatic carbocycles. The van der Waals surface area contributed by atoms with E-state index in [1.807, 2.05) is 39.8 Å². The fourth-order valence-electron chi connectivity index (χ4n) is 3.01. The maximum atomic E-state index is 12.4. The van der Waals surface area contributed by atoms with E-state index >= 15 is 0 Å². The van der Waals surface area contributed by atoms with Crippen LogP contribution in [0.25, 0.3) is 0 Å². The van der Waals surface area contributed by atoms with Gasteiger partial charge in [-0.2, -0.15) is 0 Å². The minimum absolute atomic E-state index is 0.0319. The number of benzene rings is 1. The smallest absolute Gasteiger partial charge is 0.251 e. The Morgan fingerprint density at radius 3 is 2.60 bits per heavy atom. The van der Waals surface area contributed by atoms with Crippen LogP contribution in [0.2, 0.25) is 19.6 Å². The zero-order valence-electron chi connectivity index (χ0n) is 16.7. The van der Waals surface area contributed by atoms with Crippen molar-refractivity contribution in [2.75, 3.05) is 6.17 Å². The van der Waals surface area contributed by atoms with Gasteiger partial charge in [0.25, 0.3) is 5.91 Å². The monoisotopic (exact) mass is 360 g/mol. The molecule has 1 N–H and O–H groups in total. The number of carbonyl (C=O) groups excluding carboxylic acids is 1. The topological polar surface area (TPSA) is 50.7 Å². The second-order valence-electron chi connectivity index (χ2n) is 9.07. The van der Waals surface area contributed by atoms with Crippen LogP contribution in [-0.2, 0) is 11.2 Å². The molecule has 0 aliphatic heterocycles. The molecule has 1 amide bonds. The van der Waals surface area contributed by atoms with Crippen molar-refractivity contribution < 1.29 is 9.53 Å². The molecule has 25 heavy (non-hydrogen) atoms. The van der Waals surface area contributed by atoms with Crippen LogP contribution in [0.4, 0.5) is 0 Å². The lowest BCUT2D eigenvalue weighted by Gasteiger charge is -2.21. The number of hydrogen-bond donors (Lipinski definition) is 1. The Labute approximate surface area is 153 Å². The first-order valence-corrected chi connectivity index (χ1v) is 12.8. The van der Waals surface area contributed by atoms with E-state index in [4.69, 9.17) is 9.73 Å². The molecular weight excluding hydrogens is 328 g/mol. The number of hydrogen-bond acceptors (Lipinski definition) is 3. The quantitative estimate of drug-likeness (QED) is 0.488. The largest absolute Gasteiger partial charge is 0.476 e. The Morgan fingerprint density at radius 2 is 2.00 bits per heavy atom. The van der Waals surface area contributed by atoms with Gasteiger partial charge in [-0.3, -0.25) is 4.79 Å². The number of aryl methyl sites for hydroxylation is 1. The number of fused-ring (bicyclic) bond motifs is 1. The maximum Gasteiger partial charge on any atom is 0.251 e. The van der Waals surface area contributed by atoms with Gasteiger partial charge in [0.2, 0.25) is 0 Å². The molecule has 1 atom stereocenters. The van der Waals surface area contributed by atoms with Gasteiger partial charge in [0.1, 0.15) is 5.60 Å². The molecule has 1 aromatic rings. The van der Waals surface area contributed by atoms with Crippen molar-refractivity contribution in [2.24, 2.45) is 4.99 Å². The predicted molar refractivity (Wildman–Crippen MR) is 107 cm³/mol. The van der Waals surface area contributed by atoms with Gasteiger partial charge in [-0.25, -0.2) is 4.99 Å². The Balaban J connectivity index is 2.10.